The first kappa shape index (κ1) is 20.8. The minimum Gasteiger partial charge on any atom is -0.497 e. The standard InChI is InChI=1S/C20H23N3O5/c1-3-4-18(24)21-15-7-5-14(6-8-15)20(26)23-22-19(25)13-28-17-11-9-16(27-2)10-12-17/h5-12H,3-4,13H2,1-2H3,(H,21,24)(H,22,25)(H,23,26). The maximum Gasteiger partial charge on any atom is 0.276 e. The average molecular weight is 385 g/mol. The number of hydrazine groups is 1. The Morgan fingerprint density at radius 1 is 0.857 bits per heavy atom. The van der Waals surface area contributed by atoms with Gasteiger partial charge in [-0.3, -0.25) is 25.2 Å². The molecule has 28 heavy (non-hydrogen) atoms. The van der Waals surface area contributed by atoms with Crippen molar-refractivity contribution in [3.8, 4) is 11.5 Å². The molecule has 148 valence electrons. The van der Waals surface area contributed by atoms with Gasteiger partial charge in [-0.15, -0.1) is 0 Å². The molecule has 8 heteroatoms. The monoisotopic (exact) mass is 385 g/mol. The zero-order valence-corrected chi connectivity index (χ0v) is 15.8. The average Bonchev–Trinajstić information content (AvgIpc) is 2.71. The van der Waals surface area contributed by atoms with E-state index in [1.54, 1.807) is 55.6 Å². The van der Waals surface area contributed by atoms with Gasteiger partial charge in [0.05, 0.1) is 7.11 Å². The lowest BCUT2D eigenvalue weighted by atomic mass is 10.2. The number of anilines is 1. The molecule has 2 rings (SSSR count). The summed E-state index contributed by atoms with van der Waals surface area (Å²) in [7, 11) is 1.56. The molecule has 8 nitrogen and oxygen atoms in total. The van der Waals surface area contributed by atoms with Crippen molar-refractivity contribution in [3.05, 3.63) is 54.1 Å². The van der Waals surface area contributed by atoms with E-state index in [-0.39, 0.29) is 12.5 Å². The third-order valence-corrected chi connectivity index (χ3v) is 3.65. The summed E-state index contributed by atoms with van der Waals surface area (Å²) in [6.45, 7) is 1.67. The van der Waals surface area contributed by atoms with Gasteiger partial charge < -0.3 is 14.8 Å². The SMILES string of the molecule is CCCC(=O)Nc1ccc(C(=O)NNC(=O)COc2ccc(OC)cc2)cc1. The first-order valence-electron chi connectivity index (χ1n) is 8.77. The summed E-state index contributed by atoms with van der Waals surface area (Å²) >= 11 is 0. The van der Waals surface area contributed by atoms with Crippen LogP contribution >= 0.6 is 0 Å². The van der Waals surface area contributed by atoms with E-state index >= 15 is 0 Å². The molecule has 0 saturated carbocycles. The maximum atomic E-state index is 12.1. The highest BCUT2D eigenvalue weighted by Crippen LogP contribution is 2.16. The largest absolute Gasteiger partial charge is 0.497 e. The second kappa shape index (κ2) is 10.6. The van der Waals surface area contributed by atoms with E-state index < -0.39 is 11.8 Å². The molecule has 0 heterocycles. The Morgan fingerprint density at radius 2 is 1.50 bits per heavy atom. The lowest BCUT2D eigenvalue weighted by Crippen LogP contribution is -2.43. The second-order valence-corrected chi connectivity index (χ2v) is 5.84. The van der Waals surface area contributed by atoms with Gasteiger partial charge in [0.1, 0.15) is 11.5 Å². The smallest absolute Gasteiger partial charge is 0.276 e. The van der Waals surface area contributed by atoms with Crippen molar-refractivity contribution in [2.24, 2.45) is 0 Å². The van der Waals surface area contributed by atoms with Crippen LogP contribution in [0.25, 0.3) is 0 Å². The van der Waals surface area contributed by atoms with Crippen LogP contribution in [0.5, 0.6) is 11.5 Å². The number of hydrogen-bond acceptors (Lipinski definition) is 5. The zero-order chi connectivity index (χ0) is 20.4. The molecule has 0 fully saturated rings. The van der Waals surface area contributed by atoms with Crippen molar-refractivity contribution in [3.63, 3.8) is 0 Å². The fourth-order valence-electron chi connectivity index (χ4n) is 2.21. The van der Waals surface area contributed by atoms with Gasteiger partial charge in [-0.25, -0.2) is 0 Å². The highest BCUT2D eigenvalue weighted by molar-refractivity contribution is 5.96. The highest BCUT2D eigenvalue weighted by Gasteiger charge is 2.09. The van der Waals surface area contributed by atoms with Crippen molar-refractivity contribution in [2.75, 3.05) is 19.0 Å². The quantitative estimate of drug-likeness (QED) is 0.605. The number of carbonyl (C=O) groups is 3. The van der Waals surface area contributed by atoms with Crippen molar-refractivity contribution in [1.29, 1.82) is 0 Å². The van der Waals surface area contributed by atoms with Crippen LogP contribution in [0.1, 0.15) is 30.1 Å². The minimum absolute atomic E-state index is 0.0798. The van der Waals surface area contributed by atoms with Gasteiger partial charge in [0, 0.05) is 17.7 Å². The Morgan fingerprint density at radius 3 is 2.11 bits per heavy atom. The molecule has 2 aromatic rings. The molecular formula is C20H23N3O5. The Bertz CT molecular complexity index is 804. The Balaban J connectivity index is 1.76. The number of methoxy groups -OCH3 is 1. The topological polar surface area (TPSA) is 106 Å². The van der Waals surface area contributed by atoms with E-state index in [1.807, 2.05) is 6.92 Å². The molecule has 0 radical (unpaired) electrons. The zero-order valence-electron chi connectivity index (χ0n) is 15.8. The van der Waals surface area contributed by atoms with Crippen LogP contribution < -0.4 is 25.6 Å². The lowest BCUT2D eigenvalue weighted by molar-refractivity contribution is -0.123. The van der Waals surface area contributed by atoms with Crippen LogP contribution in [0.2, 0.25) is 0 Å². The second-order valence-electron chi connectivity index (χ2n) is 5.84. The normalized spacial score (nSPS) is 9.93. The summed E-state index contributed by atoms with van der Waals surface area (Å²) in [5, 5.41) is 2.73. The van der Waals surface area contributed by atoms with Crippen LogP contribution in [0.15, 0.2) is 48.5 Å². The molecular weight excluding hydrogens is 362 g/mol. The molecule has 0 aromatic heterocycles. The number of ether oxygens (including phenoxy) is 2. The molecule has 2 aromatic carbocycles. The van der Waals surface area contributed by atoms with Crippen LogP contribution in [0, 0.1) is 0 Å². The third-order valence-electron chi connectivity index (χ3n) is 3.65. The van der Waals surface area contributed by atoms with E-state index in [4.69, 9.17) is 9.47 Å². The van der Waals surface area contributed by atoms with Crippen LogP contribution in [-0.4, -0.2) is 31.4 Å². The first-order valence-corrected chi connectivity index (χ1v) is 8.77. The summed E-state index contributed by atoms with van der Waals surface area (Å²) in [6, 6.07) is 13.1. The number of rotatable bonds is 8. The highest BCUT2D eigenvalue weighted by atomic mass is 16.5. The van der Waals surface area contributed by atoms with Gasteiger partial charge in [0.15, 0.2) is 6.61 Å². The predicted molar refractivity (Wildman–Crippen MR) is 104 cm³/mol. The van der Waals surface area contributed by atoms with Gasteiger partial charge in [-0.05, 0) is 55.0 Å². The summed E-state index contributed by atoms with van der Waals surface area (Å²) in [4.78, 5) is 35.4. The van der Waals surface area contributed by atoms with Gasteiger partial charge in [0.2, 0.25) is 5.91 Å². The Kier molecular flexibility index (Phi) is 7.83. The molecule has 0 aliphatic heterocycles. The van der Waals surface area contributed by atoms with Crippen LogP contribution in [0.4, 0.5) is 5.69 Å². The van der Waals surface area contributed by atoms with Gasteiger partial charge in [-0.2, -0.15) is 0 Å². The number of hydrogen-bond donors (Lipinski definition) is 3. The first-order chi connectivity index (χ1) is 13.5. The van der Waals surface area contributed by atoms with Gasteiger partial charge in [0.25, 0.3) is 11.8 Å². The van der Waals surface area contributed by atoms with Crippen molar-refractivity contribution >= 4 is 23.4 Å². The van der Waals surface area contributed by atoms with Gasteiger partial charge >= 0.3 is 0 Å². The number of carbonyl (C=O) groups excluding carboxylic acids is 3. The molecule has 0 aliphatic carbocycles. The van der Waals surface area contributed by atoms with Crippen molar-refractivity contribution < 1.29 is 23.9 Å². The molecule has 3 amide bonds. The van der Waals surface area contributed by atoms with E-state index in [0.717, 1.165) is 6.42 Å². The van der Waals surface area contributed by atoms with E-state index in [2.05, 4.69) is 16.2 Å². The molecule has 3 N–H and O–H groups in total. The summed E-state index contributed by atoms with van der Waals surface area (Å²) in [6.07, 6.45) is 1.20. The van der Waals surface area contributed by atoms with Crippen molar-refractivity contribution in [2.45, 2.75) is 19.8 Å². The van der Waals surface area contributed by atoms with Crippen LogP contribution in [0.3, 0.4) is 0 Å². The van der Waals surface area contributed by atoms with Gasteiger partial charge in [-0.1, -0.05) is 6.92 Å². The van der Waals surface area contributed by atoms with Crippen LogP contribution in [-0.2, 0) is 9.59 Å². The summed E-state index contributed by atoms with van der Waals surface area (Å²) in [5.74, 6) is 0.115. The number of benzene rings is 2. The molecule has 0 aliphatic rings. The molecule has 0 bridgehead atoms. The fourth-order valence-corrected chi connectivity index (χ4v) is 2.21. The fraction of sp³-hybridized carbons (Fsp3) is 0.250. The molecule has 0 unspecified atom stereocenters. The van der Waals surface area contributed by atoms with E-state index in [9.17, 15) is 14.4 Å². The van der Waals surface area contributed by atoms with E-state index in [0.29, 0.717) is 29.2 Å². The maximum absolute atomic E-state index is 12.1. The van der Waals surface area contributed by atoms with E-state index in [1.165, 1.54) is 0 Å². The molecule has 0 saturated heterocycles. The Hall–Kier alpha value is -3.55. The Labute approximate surface area is 163 Å². The van der Waals surface area contributed by atoms with Crippen molar-refractivity contribution in [1.82, 2.24) is 10.9 Å². The minimum atomic E-state index is -0.507. The predicted octanol–water partition coefficient (Wildman–Crippen LogP) is 2.27. The molecule has 0 spiro atoms. The summed E-state index contributed by atoms with van der Waals surface area (Å²) < 4.78 is 10.4. The number of amides is 3. The molecule has 0 atom stereocenters. The summed E-state index contributed by atoms with van der Waals surface area (Å²) in [5.41, 5.74) is 5.53. The number of nitrogens with one attached hydrogen (secondary N) is 3. The third kappa shape index (κ3) is 6.64. The lowest BCUT2D eigenvalue weighted by Gasteiger charge is -2.10.